The molecule has 0 spiro atoms. The fourth-order valence-electron chi connectivity index (χ4n) is 7.29. The molecule has 6 rings (SSSR count). The highest BCUT2D eigenvalue weighted by atomic mass is 19.3. The van der Waals surface area contributed by atoms with E-state index in [0.717, 1.165) is 19.3 Å². The normalized spacial score (nSPS) is 36.0. The van der Waals surface area contributed by atoms with Crippen LogP contribution in [0.25, 0.3) is 11.3 Å². The van der Waals surface area contributed by atoms with Crippen LogP contribution in [0, 0.1) is 29.0 Å². The summed E-state index contributed by atoms with van der Waals surface area (Å²) in [5.41, 5.74) is 0.150. The maximum absolute atomic E-state index is 16.1. The van der Waals surface area contributed by atoms with Crippen LogP contribution in [0.4, 0.5) is 13.2 Å². The molecule has 1 aliphatic heterocycles. The Hall–Kier alpha value is -1.82. The summed E-state index contributed by atoms with van der Waals surface area (Å²) >= 11 is 0. The van der Waals surface area contributed by atoms with E-state index in [4.69, 9.17) is 0 Å². The minimum absolute atomic E-state index is 0.0185. The van der Waals surface area contributed by atoms with Gasteiger partial charge in [0.25, 0.3) is 5.92 Å². The Morgan fingerprint density at radius 2 is 2.03 bits per heavy atom. The molecule has 154 valence electrons. The first-order valence-corrected chi connectivity index (χ1v) is 10.8. The van der Waals surface area contributed by atoms with E-state index in [2.05, 4.69) is 4.98 Å². The lowest BCUT2D eigenvalue weighted by atomic mass is 9.49. The molecular formula is C23H25F3N2O. The van der Waals surface area contributed by atoms with Gasteiger partial charge in [-0.25, -0.2) is 18.2 Å². The molecular weight excluding hydrogens is 377 g/mol. The van der Waals surface area contributed by atoms with Crippen molar-refractivity contribution in [1.29, 1.82) is 0 Å². The zero-order chi connectivity index (χ0) is 20.0. The highest BCUT2D eigenvalue weighted by Gasteiger charge is 2.62. The van der Waals surface area contributed by atoms with Crippen molar-refractivity contribution in [3.63, 3.8) is 0 Å². The van der Waals surface area contributed by atoms with Crippen LogP contribution in [0.3, 0.4) is 0 Å². The first-order valence-electron chi connectivity index (χ1n) is 10.8. The molecule has 1 aromatic heterocycles. The Kier molecular flexibility index (Phi) is 3.64. The van der Waals surface area contributed by atoms with Crippen LogP contribution >= 0.6 is 0 Å². The summed E-state index contributed by atoms with van der Waals surface area (Å²) in [6, 6.07) is 2.86. The molecule has 29 heavy (non-hydrogen) atoms. The average Bonchev–Trinajstić information content (AvgIpc) is 3.27. The van der Waals surface area contributed by atoms with Gasteiger partial charge in [0.05, 0.1) is 18.2 Å². The highest BCUT2D eigenvalue weighted by molar-refractivity contribution is 5.69. The molecule has 3 bridgehead atoms. The van der Waals surface area contributed by atoms with E-state index in [1.54, 1.807) is 6.07 Å². The second-order valence-electron chi connectivity index (χ2n) is 9.88. The predicted octanol–water partition coefficient (Wildman–Crippen LogP) is 5.19. The SMILES string of the molecule is OC(C12CCC3CCC(CC3C1)C2)C(F)(F)C1c2c(F)cccc2-c2cncn21. The topological polar surface area (TPSA) is 38.1 Å². The smallest absolute Gasteiger partial charge is 0.298 e. The summed E-state index contributed by atoms with van der Waals surface area (Å²) in [4.78, 5) is 4.03. The molecule has 6 heteroatoms. The molecule has 6 unspecified atom stereocenters. The zero-order valence-electron chi connectivity index (χ0n) is 16.2. The fraction of sp³-hybridized carbons (Fsp3) is 0.609. The number of nitrogens with zero attached hydrogens (tertiary/aromatic N) is 2. The van der Waals surface area contributed by atoms with Crippen molar-refractivity contribution >= 4 is 0 Å². The lowest BCUT2D eigenvalue weighted by molar-refractivity contribution is -0.212. The van der Waals surface area contributed by atoms with Crippen LogP contribution in [-0.2, 0) is 0 Å². The van der Waals surface area contributed by atoms with Crippen molar-refractivity contribution in [2.24, 2.45) is 23.2 Å². The average molecular weight is 402 g/mol. The third kappa shape index (κ3) is 2.32. The summed E-state index contributed by atoms with van der Waals surface area (Å²) < 4.78 is 48.3. The van der Waals surface area contributed by atoms with Crippen LogP contribution < -0.4 is 0 Å². The van der Waals surface area contributed by atoms with Gasteiger partial charge >= 0.3 is 0 Å². The molecule has 2 aromatic rings. The number of aromatic nitrogens is 2. The number of fused-ring (bicyclic) bond motifs is 5. The molecule has 4 aliphatic rings. The van der Waals surface area contributed by atoms with Gasteiger partial charge in [-0.3, -0.25) is 0 Å². The van der Waals surface area contributed by atoms with E-state index in [9.17, 15) is 9.50 Å². The van der Waals surface area contributed by atoms with Gasteiger partial charge in [-0.15, -0.1) is 0 Å². The number of benzene rings is 1. The number of imidazole rings is 1. The summed E-state index contributed by atoms with van der Waals surface area (Å²) in [5.74, 6) is -2.61. The number of halogens is 3. The van der Waals surface area contributed by atoms with E-state index in [1.165, 1.54) is 35.6 Å². The van der Waals surface area contributed by atoms with Crippen LogP contribution in [-0.4, -0.2) is 26.7 Å². The standard InChI is InChI=1S/C23H25F3N2O/c24-17-3-1-2-16-18-11-27-12-28(18)20(19(16)17)23(25,26)21(29)22-7-6-14-5-4-13(9-22)8-15(14)10-22/h1-3,11-15,20-21,29H,4-10H2. The predicted molar refractivity (Wildman–Crippen MR) is 102 cm³/mol. The van der Waals surface area contributed by atoms with E-state index < -0.39 is 29.3 Å². The fourth-order valence-corrected chi connectivity index (χ4v) is 7.29. The van der Waals surface area contributed by atoms with Crippen LogP contribution in [0.15, 0.2) is 30.7 Å². The van der Waals surface area contributed by atoms with E-state index in [1.807, 2.05) is 0 Å². The van der Waals surface area contributed by atoms with E-state index in [-0.39, 0.29) is 5.56 Å². The van der Waals surface area contributed by atoms with Gasteiger partial charge in [-0.05, 0) is 62.3 Å². The van der Waals surface area contributed by atoms with Crippen molar-refractivity contribution in [1.82, 2.24) is 9.55 Å². The first kappa shape index (κ1) is 18.0. The summed E-state index contributed by atoms with van der Waals surface area (Å²) in [6.45, 7) is 0. The molecule has 3 saturated carbocycles. The van der Waals surface area contributed by atoms with Crippen molar-refractivity contribution < 1.29 is 18.3 Å². The maximum Gasteiger partial charge on any atom is 0.298 e. The van der Waals surface area contributed by atoms with Crippen LogP contribution in [0.2, 0.25) is 0 Å². The molecule has 1 N–H and O–H groups in total. The second kappa shape index (κ2) is 5.87. The number of rotatable bonds is 3. The molecule has 0 radical (unpaired) electrons. The maximum atomic E-state index is 16.1. The minimum atomic E-state index is -3.48. The summed E-state index contributed by atoms with van der Waals surface area (Å²) in [5, 5.41) is 11.3. The Morgan fingerprint density at radius 1 is 1.17 bits per heavy atom. The second-order valence-corrected chi connectivity index (χ2v) is 9.88. The molecule has 0 amide bonds. The lowest BCUT2D eigenvalue weighted by Gasteiger charge is -2.57. The van der Waals surface area contributed by atoms with Gasteiger partial charge in [0.15, 0.2) is 0 Å². The Labute approximate surface area is 168 Å². The number of alkyl halides is 2. The molecule has 1 aromatic carbocycles. The van der Waals surface area contributed by atoms with Gasteiger partial charge in [0.1, 0.15) is 18.0 Å². The van der Waals surface area contributed by atoms with Crippen molar-refractivity contribution in [3.05, 3.63) is 42.1 Å². The quantitative estimate of drug-likeness (QED) is 0.767. The third-order valence-corrected chi connectivity index (χ3v) is 8.48. The summed E-state index contributed by atoms with van der Waals surface area (Å²) in [7, 11) is 0. The number of hydrogen-bond donors (Lipinski definition) is 1. The largest absolute Gasteiger partial charge is 0.386 e. The molecule has 3 fully saturated rings. The van der Waals surface area contributed by atoms with Crippen molar-refractivity contribution in [2.75, 3.05) is 0 Å². The molecule has 0 saturated heterocycles. The zero-order valence-corrected chi connectivity index (χ0v) is 16.2. The number of hydrogen-bond acceptors (Lipinski definition) is 2. The van der Waals surface area contributed by atoms with Gasteiger partial charge in [0, 0.05) is 16.5 Å². The van der Waals surface area contributed by atoms with Gasteiger partial charge < -0.3 is 9.67 Å². The molecule has 2 heterocycles. The molecule has 3 aliphatic carbocycles. The Balaban J connectivity index is 1.43. The van der Waals surface area contributed by atoms with E-state index in [0.29, 0.717) is 48.3 Å². The monoisotopic (exact) mass is 402 g/mol. The van der Waals surface area contributed by atoms with Gasteiger partial charge in [-0.1, -0.05) is 18.6 Å². The highest BCUT2D eigenvalue weighted by Crippen LogP contribution is 2.62. The number of aliphatic hydroxyl groups excluding tert-OH is 1. The minimum Gasteiger partial charge on any atom is -0.386 e. The third-order valence-electron chi connectivity index (χ3n) is 8.48. The lowest BCUT2D eigenvalue weighted by Crippen LogP contribution is -2.57. The van der Waals surface area contributed by atoms with Crippen molar-refractivity contribution in [2.45, 2.75) is 63.0 Å². The van der Waals surface area contributed by atoms with Gasteiger partial charge in [0.2, 0.25) is 0 Å². The Bertz CT molecular complexity index is 969. The van der Waals surface area contributed by atoms with E-state index >= 15 is 8.78 Å². The van der Waals surface area contributed by atoms with Gasteiger partial charge in [-0.2, -0.15) is 0 Å². The van der Waals surface area contributed by atoms with Crippen molar-refractivity contribution in [3.8, 4) is 11.3 Å². The molecule has 3 nitrogen and oxygen atoms in total. The first-order chi connectivity index (χ1) is 13.9. The number of aliphatic hydroxyl groups is 1. The summed E-state index contributed by atoms with van der Waals surface area (Å²) in [6.07, 6.45) is 7.39. The molecule has 6 atom stereocenters. The Morgan fingerprint density at radius 3 is 2.90 bits per heavy atom. The van der Waals surface area contributed by atoms with Crippen LogP contribution in [0.5, 0.6) is 0 Å². The van der Waals surface area contributed by atoms with Crippen LogP contribution in [0.1, 0.15) is 56.6 Å².